The van der Waals surface area contributed by atoms with Crippen molar-refractivity contribution in [3.8, 4) is 0 Å². The van der Waals surface area contributed by atoms with Gasteiger partial charge in [-0.25, -0.2) is 14.3 Å². The summed E-state index contributed by atoms with van der Waals surface area (Å²) in [6.07, 6.45) is 1.48. The Kier molecular flexibility index (Phi) is 2.97. The van der Waals surface area contributed by atoms with Crippen LogP contribution in [-0.4, -0.2) is 25.2 Å². The van der Waals surface area contributed by atoms with E-state index < -0.39 is 23.8 Å². The first-order chi connectivity index (χ1) is 8.56. The second-order valence-electron chi connectivity index (χ2n) is 3.69. The zero-order chi connectivity index (χ0) is 13.3. The smallest absolute Gasteiger partial charge is 0.333 e. The van der Waals surface area contributed by atoms with E-state index in [9.17, 15) is 14.4 Å². The topological polar surface area (TPSA) is 94.2 Å². The number of hydrogen-bond acceptors (Lipinski definition) is 4. The molecule has 2 heterocycles. The van der Waals surface area contributed by atoms with E-state index in [0.717, 1.165) is 0 Å². The molecule has 2 rings (SSSR count). The van der Waals surface area contributed by atoms with E-state index in [1.807, 2.05) is 0 Å². The Bertz CT molecular complexity index is 729. The average molecular weight is 249 g/mol. The van der Waals surface area contributed by atoms with Gasteiger partial charge in [0.2, 0.25) is 0 Å². The Morgan fingerprint density at radius 1 is 1.39 bits per heavy atom. The van der Waals surface area contributed by atoms with Crippen LogP contribution in [0.2, 0.25) is 0 Å². The molecule has 0 spiro atoms. The second-order valence-corrected chi connectivity index (χ2v) is 3.69. The Balaban J connectivity index is 2.92. The third-order valence-corrected chi connectivity index (χ3v) is 2.59. The van der Waals surface area contributed by atoms with Gasteiger partial charge in [-0.15, -0.1) is 0 Å². The highest BCUT2D eigenvalue weighted by molar-refractivity contribution is 5.74. The molecule has 0 aliphatic heterocycles. The number of nitrogens with zero attached hydrogens (tertiary/aromatic N) is 3. The number of carboxylic acids is 1. The minimum Gasteiger partial charge on any atom is -0.480 e. The van der Waals surface area contributed by atoms with Crippen molar-refractivity contribution in [1.82, 2.24) is 14.1 Å². The van der Waals surface area contributed by atoms with E-state index in [1.165, 1.54) is 16.8 Å². The van der Waals surface area contributed by atoms with E-state index in [1.54, 1.807) is 13.0 Å². The Labute approximate surface area is 101 Å². The predicted octanol–water partition coefficient (Wildman–Crippen LogP) is -0.337. The largest absolute Gasteiger partial charge is 0.480 e. The van der Waals surface area contributed by atoms with E-state index in [-0.39, 0.29) is 11.0 Å². The van der Waals surface area contributed by atoms with Gasteiger partial charge >= 0.3 is 11.7 Å². The van der Waals surface area contributed by atoms with Crippen molar-refractivity contribution in [2.24, 2.45) is 0 Å². The normalized spacial score (nSPS) is 10.7. The fourth-order valence-corrected chi connectivity index (χ4v) is 1.81. The first-order valence-electron chi connectivity index (χ1n) is 5.36. The molecule has 7 heteroatoms. The molecule has 0 bridgehead atoms. The minimum absolute atomic E-state index is 0.236. The fourth-order valence-electron chi connectivity index (χ4n) is 1.81. The van der Waals surface area contributed by atoms with Crippen LogP contribution in [0, 0.1) is 0 Å². The van der Waals surface area contributed by atoms with Crippen LogP contribution in [0.15, 0.2) is 27.9 Å². The molecule has 0 atom stereocenters. The van der Waals surface area contributed by atoms with Crippen molar-refractivity contribution < 1.29 is 9.90 Å². The molecule has 0 fully saturated rings. The van der Waals surface area contributed by atoms with Gasteiger partial charge in [0.25, 0.3) is 5.56 Å². The highest BCUT2D eigenvalue weighted by atomic mass is 16.4. The SMILES string of the molecule is CCn1c(=O)n(CC(=O)O)c(=O)c2cccnc21. The van der Waals surface area contributed by atoms with Crippen LogP contribution in [0.4, 0.5) is 0 Å². The van der Waals surface area contributed by atoms with Gasteiger partial charge in [-0.3, -0.25) is 14.2 Å². The predicted molar refractivity (Wildman–Crippen MR) is 63.6 cm³/mol. The summed E-state index contributed by atoms with van der Waals surface area (Å²) >= 11 is 0. The van der Waals surface area contributed by atoms with Gasteiger partial charge in [-0.1, -0.05) is 0 Å². The van der Waals surface area contributed by atoms with Crippen molar-refractivity contribution in [3.63, 3.8) is 0 Å². The van der Waals surface area contributed by atoms with E-state index >= 15 is 0 Å². The molecule has 0 radical (unpaired) electrons. The van der Waals surface area contributed by atoms with Gasteiger partial charge < -0.3 is 5.11 Å². The molecule has 0 amide bonds. The number of carbonyl (C=O) groups is 1. The lowest BCUT2D eigenvalue weighted by atomic mass is 10.3. The number of carboxylic acid groups (broad SMARTS) is 1. The third-order valence-electron chi connectivity index (χ3n) is 2.59. The van der Waals surface area contributed by atoms with Crippen molar-refractivity contribution in [1.29, 1.82) is 0 Å². The maximum atomic E-state index is 12.0. The molecular formula is C11H11N3O4. The first-order valence-corrected chi connectivity index (χ1v) is 5.36. The zero-order valence-corrected chi connectivity index (χ0v) is 9.66. The Hall–Kier alpha value is -2.44. The van der Waals surface area contributed by atoms with Gasteiger partial charge in [0.1, 0.15) is 12.2 Å². The van der Waals surface area contributed by atoms with Crippen LogP contribution < -0.4 is 11.2 Å². The summed E-state index contributed by atoms with van der Waals surface area (Å²) in [4.78, 5) is 38.7. The number of rotatable bonds is 3. The summed E-state index contributed by atoms with van der Waals surface area (Å²) in [6.45, 7) is 1.39. The molecule has 2 aromatic heterocycles. The molecule has 1 N–H and O–H groups in total. The average Bonchev–Trinajstić information content (AvgIpc) is 2.35. The fraction of sp³-hybridized carbons (Fsp3) is 0.273. The highest BCUT2D eigenvalue weighted by Gasteiger charge is 2.14. The van der Waals surface area contributed by atoms with Crippen LogP contribution in [-0.2, 0) is 17.9 Å². The molecular weight excluding hydrogens is 238 g/mol. The molecule has 0 unspecified atom stereocenters. The number of aryl methyl sites for hydroxylation is 1. The van der Waals surface area contributed by atoms with Crippen molar-refractivity contribution in [2.75, 3.05) is 0 Å². The molecule has 2 aromatic rings. The van der Waals surface area contributed by atoms with Crippen LogP contribution in [0.25, 0.3) is 11.0 Å². The second kappa shape index (κ2) is 4.44. The van der Waals surface area contributed by atoms with Crippen LogP contribution >= 0.6 is 0 Å². The summed E-state index contributed by atoms with van der Waals surface area (Å²) < 4.78 is 1.98. The van der Waals surface area contributed by atoms with Crippen LogP contribution in [0.3, 0.4) is 0 Å². The Morgan fingerprint density at radius 3 is 2.72 bits per heavy atom. The molecule has 0 aliphatic rings. The van der Waals surface area contributed by atoms with Gasteiger partial charge in [0, 0.05) is 12.7 Å². The summed E-state index contributed by atoms with van der Waals surface area (Å²) in [5.41, 5.74) is -1.01. The van der Waals surface area contributed by atoms with Crippen molar-refractivity contribution >= 4 is 17.0 Å². The summed E-state index contributed by atoms with van der Waals surface area (Å²) in [7, 11) is 0. The standard InChI is InChI=1S/C11H11N3O4/c1-2-13-9-7(4-3-5-12-9)10(17)14(11(13)18)6-8(15)16/h3-5H,2,6H2,1H3,(H,15,16). The first kappa shape index (κ1) is 12.0. The molecule has 0 saturated heterocycles. The minimum atomic E-state index is -1.24. The van der Waals surface area contributed by atoms with Gasteiger partial charge in [0.15, 0.2) is 0 Å². The number of hydrogen-bond donors (Lipinski definition) is 1. The summed E-state index contributed by atoms with van der Waals surface area (Å²) in [5, 5.41) is 8.96. The van der Waals surface area contributed by atoms with Crippen molar-refractivity contribution in [3.05, 3.63) is 39.2 Å². The summed E-state index contributed by atoms with van der Waals surface area (Å²) in [5.74, 6) is -1.24. The van der Waals surface area contributed by atoms with Gasteiger partial charge in [-0.2, -0.15) is 0 Å². The maximum absolute atomic E-state index is 12.0. The van der Waals surface area contributed by atoms with Gasteiger partial charge in [-0.05, 0) is 19.1 Å². The quantitative estimate of drug-likeness (QED) is 0.803. The zero-order valence-electron chi connectivity index (χ0n) is 9.66. The molecule has 0 aromatic carbocycles. The lowest BCUT2D eigenvalue weighted by molar-refractivity contribution is -0.137. The van der Waals surface area contributed by atoms with Crippen molar-refractivity contribution in [2.45, 2.75) is 20.0 Å². The number of aromatic nitrogens is 3. The molecule has 94 valence electrons. The monoisotopic (exact) mass is 249 g/mol. The highest BCUT2D eigenvalue weighted by Crippen LogP contribution is 2.03. The third kappa shape index (κ3) is 1.79. The van der Waals surface area contributed by atoms with Gasteiger partial charge in [0.05, 0.1) is 5.39 Å². The molecule has 7 nitrogen and oxygen atoms in total. The van der Waals surface area contributed by atoms with Crippen LogP contribution in [0.1, 0.15) is 6.92 Å². The molecule has 0 aliphatic carbocycles. The number of pyridine rings is 1. The lowest BCUT2D eigenvalue weighted by Gasteiger charge is -2.09. The van der Waals surface area contributed by atoms with Crippen LogP contribution in [0.5, 0.6) is 0 Å². The summed E-state index contributed by atoms with van der Waals surface area (Å²) in [6, 6.07) is 3.09. The Morgan fingerprint density at radius 2 is 2.11 bits per heavy atom. The van der Waals surface area contributed by atoms with E-state index in [4.69, 9.17) is 5.11 Å². The number of fused-ring (bicyclic) bond motifs is 1. The van der Waals surface area contributed by atoms with E-state index in [2.05, 4.69) is 4.98 Å². The lowest BCUT2D eigenvalue weighted by Crippen LogP contribution is -2.41. The molecule has 0 saturated carbocycles. The van der Waals surface area contributed by atoms with E-state index in [0.29, 0.717) is 11.1 Å². The molecule has 18 heavy (non-hydrogen) atoms. The number of aliphatic carboxylic acids is 1. The maximum Gasteiger partial charge on any atom is 0.333 e.